The average molecular weight is 418 g/mol. The lowest BCUT2D eigenvalue weighted by atomic mass is 9.96. The van der Waals surface area contributed by atoms with Gasteiger partial charge in [-0.05, 0) is 43.9 Å². The Morgan fingerprint density at radius 2 is 1.79 bits per heavy atom. The Bertz CT molecular complexity index is 874. The topological polar surface area (TPSA) is 68.9 Å². The number of hydrogen-bond acceptors (Lipinski definition) is 6. The second-order valence-electron chi connectivity index (χ2n) is 7.41. The molecule has 1 fully saturated rings. The van der Waals surface area contributed by atoms with Gasteiger partial charge in [-0.15, -0.1) is 11.8 Å². The number of aliphatic hydroxyl groups excluding tert-OH is 1. The zero-order valence-electron chi connectivity index (χ0n) is 17.5. The molecule has 0 aliphatic carbocycles. The minimum absolute atomic E-state index is 0.0638. The Kier molecular flexibility index (Phi) is 7.40. The minimum atomic E-state index is -0.298. The first-order chi connectivity index (χ1) is 14.0. The number of pyridine rings is 1. The number of aromatic nitrogens is 1. The molecule has 0 amide bonds. The summed E-state index contributed by atoms with van der Waals surface area (Å²) in [5, 5.41) is 20.0. The van der Waals surface area contributed by atoms with E-state index in [-0.39, 0.29) is 24.0 Å². The first kappa shape index (κ1) is 21.9. The van der Waals surface area contributed by atoms with Gasteiger partial charge in [-0.1, -0.05) is 12.1 Å². The van der Waals surface area contributed by atoms with E-state index in [4.69, 9.17) is 0 Å². The molecule has 1 aromatic carbocycles. The molecule has 29 heavy (non-hydrogen) atoms. The molecule has 158 valence electrons. The van der Waals surface area contributed by atoms with E-state index >= 15 is 0 Å². The van der Waals surface area contributed by atoms with Crippen LogP contribution in [-0.2, 0) is 6.54 Å². The van der Waals surface area contributed by atoms with Crippen molar-refractivity contribution in [3.8, 4) is 5.75 Å². The number of β-amino-alcohol motifs (C(OH)–C–C–N with tert-alkyl or cyclic N) is 1. The summed E-state index contributed by atoms with van der Waals surface area (Å²) in [5.74, 6) is 0.0638. The number of aryl methyl sites for hydroxylation is 1. The van der Waals surface area contributed by atoms with Gasteiger partial charge >= 0.3 is 0 Å². The zero-order valence-corrected chi connectivity index (χ0v) is 18.3. The van der Waals surface area contributed by atoms with Gasteiger partial charge in [0.05, 0.1) is 18.2 Å². The van der Waals surface area contributed by atoms with Crippen molar-refractivity contribution < 1.29 is 10.2 Å². The van der Waals surface area contributed by atoms with Crippen molar-refractivity contribution in [3.63, 3.8) is 0 Å². The quantitative estimate of drug-likeness (QED) is 0.674. The van der Waals surface area contributed by atoms with Gasteiger partial charge in [0.1, 0.15) is 5.75 Å². The highest BCUT2D eigenvalue weighted by Gasteiger charge is 2.31. The number of piperazine rings is 1. The second kappa shape index (κ2) is 9.80. The molecule has 2 N–H and O–H groups in total. The first-order valence-corrected chi connectivity index (χ1v) is 11.4. The van der Waals surface area contributed by atoms with E-state index in [1.165, 1.54) is 4.90 Å². The lowest BCUT2D eigenvalue weighted by Gasteiger charge is -2.39. The predicted molar refractivity (Wildman–Crippen MR) is 118 cm³/mol. The van der Waals surface area contributed by atoms with E-state index in [9.17, 15) is 15.0 Å². The molecule has 0 spiro atoms. The highest BCUT2D eigenvalue weighted by atomic mass is 32.2. The van der Waals surface area contributed by atoms with E-state index in [2.05, 4.69) is 34.1 Å². The van der Waals surface area contributed by atoms with E-state index in [1.54, 1.807) is 22.4 Å². The summed E-state index contributed by atoms with van der Waals surface area (Å²) in [6.07, 6.45) is 2.04. The van der Waals surface area contributed by atoms with Gasteiger partial charge in [-0.25, -0.2) is 0 Å². The van der Waals surface area contributed by atoms with Crippen molar-refractivity contribution in [2.75, 3.05) is 45.6 Å². The average Bonchev–Trinajstić information content (AvgIpc) is 2.72. The van der Waals surface area contributed by atoms with Crippen molar-refractivity contribution >= 4 is 11.8 Å². The third-order valence-corrected chi connectivity index (χ3v) is 6.48. The minimum Gasteiger partial charge on any atom is -0.507 e. The maximum atomic E-state index is 13.3. The van der Waals surface area contributed by atoms with Gasteiger partial charge < -0.3 is 14.8 Å². The molecule has 2 aromatic rings. The summed E-state index contributed by atoms with van der Waals surface area (Å²) in [6, 6.07) is 9.66. The van der Waals surface area contributed by atoms with E-state index in [0.29, 0.717) is 18.7 Å². The molecule has 0 bridgehead atoms. The van der Waals surface area contributed by atoms with Crippen molar-refractivity contribution in [1.29, 1.82) is 0 Å². The SMILES string of the molecule is CCn1c(C)cc(O)c([C@H](c2ccc(SC)cc2)N2CCN(CCO)CC2)c1=O. The molecule has 6 nitrogen and oxygen atoms in total. The second-order valence-corrected chi connectivity index (χ2v) is 8.29. The fourth-order valence-electron chi connectivity index (χ4n) is 4.15. The lowest BCUT2D eigenvalue weighted by molar-refractivity contribution is 0.0932. The summed E-state index contributed by atoms with van der Waals surface area (Å²) in [4.78, 5) is 19.0. The largest absolute Gasteiger partial charge is 0.507 e. The van der Waals surface area contributed by atoms with Crippen LogP contribution in [0.25, 0.3) is 0 Å². The summed E-state index contributed by atoms with van der Waals surface area (Å²) in [7, 11) is 0. The van der Waals surface area contributed by atoms with Crippen LogP contribution in [0.4, 0.5) is 0 Å². The van der Waals surface area contributed by atoms with Crippen LogP contribution in [0.2, 0.25) is 0 Å². The van der Waals surface area contributed by atoms with Crippen molar-refractivity contribution in [2.45, 2.75) is 31.3 Å². The first-order valence-electron chi connectivity index (χ1n) is 10.1. The normalized spacial score (nSPS) is 16.8. The number of hydrogen-bond donors (Lipinski definition) is 2. The Balaban J connectivity index is 2.06. The fraction of sp³-hybridized carbons (Fsp3) is 0.500. The van der Waals surface area contributed by atoms with E-state index in [0.717, 1.165) is 37.4 Å². The van der Waals surface area contributed by atoms with Crippen LogP contribution in [0.15, 0.2) is 40.0 Å². The maximum absolute atomic E-state index is 13.3. The number of rotatable bonds is 7. The van der Waals surface area contributed by atoms with Crippen LogP contribution in [0, 0.1) is 6.92 Å². The van der Waals surface area contributed by atoms with Gasteiger partial charge in [0.15, 0.2) is 0 Å². The van der Waals surface area contributed by atoms with Crippen LogP contribution in [0.5, 0.6) is 5.75 Å². The summed E-state index contributed by atoms with van der Waals surface area (Å²) in [6.45, 7) is 8.39. The molecule has 1 saturated heterocycles. The highest BCUT2D eigenvalue weighted by Crippen LogP contribution is 2.34. The fourth-order valence-corrected chi connectivity index (χ4v) is 4.56. The number of benzene rings is 1. The number of nitrogens with zero attached hydrogens (tertiary/aromatic N) is 3. The van der Waals surface area contributed by atoms with Gasteiger partial charge in [-0.2, -0.15) is 0 Å². The molecule has 0 unspecified atom stereocenters. The molecule has 0 radical (unpaired) electrons. The van der Waals surface area contributed by atoms with E-state index in [1.807, 2.05) is 20.1 Å². The number of thioether (sulfide) groups is 1. The molecule has 1 atom stereocenters. The van der Waals surface area contributed by atoms with Crippen molar-refractivity contribution in [2.24, 2.45) is 0 Å². The van der Waals surface area contributed by atoms with Crippen molar-refractivity contribution in [3.05, 3.63) is 57.5 Å². The Morgan fingerprint density at radius 3 is 2.34 bits per heavy atom. The number of aliphatic hydroxyl groups is 1. The van der Waals surface area contributed by atoms with E-state index < -0.39 is 0 Å². The molecule has 1 aliphatic heterocycles. The molecule has 0 saturated carbocycles. The molecular weight excluding hydrogens is 386 g/mol. The predicted octanol–water partition coefficient (Wildman–Crippen LogP) is 2.30. The Hall–Kier alpha value is -1.80. The molecule has 7 heteroatoms. The summed E-state index contributed by atoms with van der Waals surface area (Å²) < 4.78 is 1.72. The third-order valence-electron chi connectivity index (χ3n) is 5.73. The monoisotopic (exact) mass is 417 g/mol. The number of aromatic hydroxyl groups is 1. The Morgan fingerprint density at radius 1 is 1.14 bits per heavy atom. The molecule has 1 aromatic heterocycles. The van der Waals surface area contributed by atoms with Crippen LogP contribution in [0.1, 0.15) is 29.8 Å². The van der Waals surface area contributed by atoms with Crippen LogP contribution < -0.4 is 5.56 Å². The van der Waals surface area contributed by atoms with Crippen LogP contribution >= 0.6 is 11.8 Å². The van der Waals surface area contributed by atoms with Gasteiger partial charge in [0, 0.05) is 49.9 Å². The summed E-state index contributed by atoms with van der Waals surface area (Å²) >= 11 is 1.68. The lowest BCUT2D eigenvalue weighted by Crippen LogP contribution is -2.49. The molecule has 3 rings (SSSR count). The Labute approximate surface area is 176 Å². The third kappa shape index (κ3) is 4.69. The highest BCUT2D eigenvalue weighted by molar-refractivity contribution is 7.98. The van der Waals surface area contributed by atoms with Crippen molar-refractivity contribution in [1.82, 2.24) is 14.4 Å². The smallest absolute Gasteiger partial charge is 0.259 e. The molecular formula is C22H31N3O3S. The molecule has 1 aliphatic rings. The summed E-state index contributed by atoms with van der Waals surface area (Å²) in [5.41, 5.74) is 2.10. The zero-order chi connectivity index (χ0) is 21.0. The molecule has 2 heterocycles. The van der Waals surface area contributed by atoms with Gasteiger partial charge in [0.25, 0.3) is 5.56 Å². The van der Waals surface area contributed by atoms with Gasteiger partial charge in [-0.3, -0.25) is 14.6 Å². The van der Waals surface area contributed by atoms with Crippen LogP contribution in [0.3, 0.4) is 0 Å². The maximum Gasteiger partial charge on any atom is 0.259 e. The van der Waals surface area contributed by atoms with Gasteiger partial charge in [0.2, 0.25) is 0 Å². The standard InChI is InChI=1S/C22H31N3O3S/c1-4-25-16(2)15-19(27)20(22(25)28)21(17-5-7-18(29-3)8-6-17)24-11-9-23(10-12-24)13-14-26/h5-8,15,21,26-27H,4,9-14H2,1-3H3/t21-/m0/s1. The van der Waals surface area contributed by atoms with Crippen LogP contribution in [-0.4, -0.2) is 70.2 Å².